The van der Waals surface area contributed by atoms with Gasteiger partial charge in [0.05, 0.1) is 11.3 Å². The quantitative estimate of drug-likeness (QED) is 0.728. The Hall–Kier alpha value is -1.26. The van der Waals surface area contributed by atoms with Gasteiger partial charge in [0.25, 0.3) is 0 Å². The first-order chi connectivity index (χ1) is 6.86. The minimum atomic E-state index is -2.97. The Balaban J connectivity index is 3.25. The maximum Gasteiger partial charge on any atom is 0.300 e. The molecule has 1 heterocycles. The third kappa shape index (κ3) is 2.06. The van der Waals surface area contributed by atoms with Crippen LogP contribution < -0.4 is 0 Å². The predicted molar refractivity (Wildman–Crippen MR) is 52.4 cm³/mol. The van der Waals surface area contributed by atoms with E-state index in [2.05, 4.69) is 5.10 Å². The third-order valence-electron chi connectivity index (χ3n) is 2.26. The highest BCUT2D eigenvalue weighted by Crippen LogP contribution is 2.19. The molecule has 0 atom stereocenters. The lowest BCUT2D eigenvalue weighted by atomic mass is 10.1. The van der Waals surface area contributed by atoms with Crippen LogP contribution in [-0.4, -0.2) is 22.0 Å². The van der Waals surface area contributed by atoms with E-state index >= 15 is 0 Å². The lowest BCUT2D eigenvalue weighted by Crippen LogP contribution is -2.13. The summed E-state index contributed by atoms with van der Waals surface area (Å²) in [6.45, 7) is 6.98. The van der Waals surface area contributed by atoms with Gasteiger partial charge in [-0.1, -0.05) is 0 Å². The molecule has 0 aliphatic rings. The zero-order valence-corrected chi connectivity index (χ0v) is 9.21. The smallest absolute Gasteiger partial charge is 0.288 e. The summed E-state index contributed by atoms with van der Waals surface area (Å²) in [4.78, 5) is 11.2. The summed E-state index contributed by atoms with van der Waals surface area (Å²) in [6, 6.07) is 0.0583. The summed E-state index contributed by atoms with van der Waals surface area (Å²) in [6.07, 6.45) is -2.97. The standard InChI is InChI=1S/C10H14F2N2O/c1-5(2)14-7(4)8(6(3)13-14)9(15)10(11)12/h5,10H,1-4H3. The lowest BCUT2D eigenvalue weighted by molar-refractivity contribution is 0.0677. The van der Waals surface area contributed by atoms with E-state index in [0.717, 1.165) is 0 Å². The molecule has 0 amide bonds. The Morgan fingerprint density at radius 2 is 1.87 bits per heavy atom. The lowest BCUT2D eigenvalue weighted by Gasteiger charge is -2.08. The van der Waals surface area contributed by atoms with Crippen molar-refractivity contribution in [3.8, 4) is 0 Å². The van der Waals surface area contributed by atoms with Gasteiger partial charge in [0.2, 0.25) is 5.78 Å². The van der Waals surface area contributed by atoms with Gasteiger partial charge in [-0.15, -0.1) is 0 Å². The highest BCUT2D eigenvalue weighted by atomic mass is 19.3. The molecule has 0 saturated carbocycles. The number of carbonyl (C=O) groups is 1. The molecule has 0 N–H and O–H groups in total. The van der Waals surface area contributed by atoms with Crippen molar-refractivity contribution in [2.45, 2.75) is 40.2 Å². The van der Waals surface area contributed by atoms with Crippen molar-refractivity contribution in [1.29, 1.82) is 0 Å². The molecule has 0 spiro atoms. The maximum atomic E-state index is 12.3. The molecule has 1 aromatic heterocycles. The Morgan fingerprint density at radius 1 is 1.33 bits per heavy atom. The minimum Gasteiger partial charge on any atom is -0.288 e. The van der Waals surface area contributed by atoms with Crippen LogP contribution in [0.1, 0.15) is 41.6 Å². The number of Topliss-reactive ketones (excluding diaryl/α,β-unsaturated/α-hetero) is 1. The van der Waals surface area contributed by atoms with Gasteiger partial charge in [-0.2, -0.15) is 5.10 Å². The normalized spacial score (nSPS) is 11.5. The molecule has 3 nitrogen and oxygen atoms in total. The molecule has 1 rings (SSSR count). The summed E-state index contributed by atoms with van der Waals surface area (Å²) in [5, 5.41) is 4.08. The van der Waals surface area contributed by atoms with Crippen LogP contribution in [0.3, 0.4) is 0 Å². The largest absolute Gasteiger partial charge is 0.300 e. The number of halogens is 2. The van der Waals surface area contributed by atoms with Crippen molar-refractivity contribution >= 4 is 5.78 Å². The fraction of sp³-hybridized carbons (Fsp3) is 0.600. The van der Waals surface area contributed by atoms with Crippen LogP contribution in [0.25, 0.3) is 0 Å². The molecule has 0 saturated heterocycles. The Morgan fingerprint density at radius 3 is 2.20 bits per heavy atom. The number of carbonyl (C=O) groups excluding carboxylic acids is 1. The molecule has 0 bridgehead atoms. The monoisotopic (exact) mass is 216 g/mol. The van der Waals surface area contributed by atoms with E-state index in [1.807, 2.05) is 13.8 Å². The van der Waals surface area contributed by atoms with Crippen LogP contribution in [0.15, 0.2) is 0 Å². The van der Waals surface area contributed by atoms with Gasteiger partial charge in [0.1, 0.15) is 0 Å². The van der Waals surface area contributed by atoms with E-state index in [4.69, 9.17) is 0 Å². The van der Waals surface area contributed by atoms with Gasteiger partial charge < -0.3 is 0 Å². The first-order valence-corrected chi connectivity index (χ1v) is 4.74. The maximum absolute atomic E-state index is 12.3. The fourth-order valence-electron chi connectivity index (χ4n) is 1.63. The fourth-order valence-corrected chi connectivity index (χ4v) is 1.63. The number of aryl methyl sites for hydroxylation is 1. The van der Waals surface area contributed by atoms with Crippen LogP contribution in [0.5, 0.6) is 0 Å². The summed E-state index contributed by atoms with van der Waals surface area (Å²) in [7, 11) is 0. The molecule has 0 unspecified atom stereocenters. The highest BCUT2D eigenvalue weighted by Gasteiger charge is 2.25. The Labute approximate surface area is 87.1 Å². The molecule has 5 heteroatoms. The van der Waals surface area contributed by atoms with Crippen LogP contribution in [-0.2, 0) is 0 Å². The Kier molecular flexibility index (Phi) is 3.21. The summed E-state index contributed by atoms with van der Waals surface area (Å²) in [5.74, 6) is -1.14. The molecule has 0 fully saturated rings. The van der Waals surface area contributed by atoms with Gasteiger partial charge in [0, 0.05) is 11.7 Å². The average molecular weight is 216 g/mol. The van der Waals surface area contributed by atoms with Crippen LogP contribution in [0.2, 0.25) is 0 Å². The SMILES string of the molecule is Cc1nn(C(C)C)c(C)c1C(=O)C(F)F. The van der Waals surface area contributed by atoms with Gasteiger partial charge in [-0.25, -0.2) is 8.78 Å². The molecule has 84 valence electrons. The van der Waals surface area contributed by atoms with Gasteiger partial charge >= 0.3 is 6.43 Å². The van der Waals surface area contributed by atoms with Crippen molar-refractivity contribution in [1.82, 2.24) is 9.78 Å². The third-order valence-corrected chi connectivity index (χ3v) is 2.26. The number of hydrogen-bond acceptors (Lipinski definition) is 2. The summed E-state index contributed by atoms with van der Waals surface area (Å²) in [5.41, 5.74) is 0.929. The molecule has 1 aromatic rings. The second kappa shape index (κ2) is 4.08. The first-order valence-electron chi connectivity index (χ1n) is 4.74. The van der Waals surface area contributed by atoms with E-state index in [-0.39, 0.29) is 11.6 Å². The topological polar surface area (TPSA) is 34.9 Å². The average Bonchev–Trinajstić information content (AvgIpc) is 2.41. The van der Waals surface area contributed by atoms with E-state index in [0.29, 0.717) is 11.4 Å². The van der Waals surface area contributed by atoms with Crippen molar-refractivity contribution in [2.75, 3.05) is 0 Å². The molecule has 0 aliphatic carbocycles. The summed E-state index contributed by atoms with van der Waals surface area (Å²) >= 11 is 0. The number of ketones is 1. The molecule has 0 radical (unpaired) electrons. The Bertz CT molecular complexity index is 383. The van der Waals surface area contributed by atoms with E-state index in [1.54, 1.807) is 18.5 Å². The van der Waals surface area contributed by atoms with Crippen LogP contribution in [0.4, 0.5) is 8.78 Å². The summed E-state index contributed by atoms with van der Waals surface area (Å²) < 4.78 is 26.2. The molecular formula is C10H14F2N2O. The van der Waals surface area contributed by atoms with Crippen molar-refractivity contribution in [3.63, 3.8) is 0 Å². The predicted octanol–water partition coefficient (Wildman–Crippen LogP) is 2.53. The minimum absolute atomic E-state index is 0.0544. The molecule has 0 aromatic carbocycles. The number of alkyl halides is 2. The van der Waals surface area contributed by atoms with Crippen molar-refractivity contribution in [2.24, 2.45) is 0 Å². The van der Waals surface area contributed by atoms with Gasteiger partial charge in [-0.05, 0) is 27.7 Å². The van der Waals surface area contributed by atoms with Crippen molar-refractivity contribution < 1.29 is 13.6 Å². The second-order valence-electron chi connectivity index (χ2n) is 3.75. The molecule has 15 heavy (non-hydrogen) atoms. The zero-order valence-electron chi connectivity index (χ0n) is 9.21. The highest BCUT2D eigenvalue weighted by molar-refractivity contribution is 6.00. The van der Waals surface area contributed by atoms with E-state index in [1.165, 1.54) is 0 Å². The number of nitrogens with zero attached hydrogens (tertiary/aromatic N) is 2. The zero-order chi connectivity index (χ0) is 11.7. The van der Waals surface area contributed by atoms with Crippen molar-refractivity contribution in [3.05, 3.63) is 17.0 Å². The molecular weight excluding hydrogens is 202 g/mol. The van der Waals surface area contributed by atoms with Crippen LogP contribution in [0, 0.1) is 13.8 Å². The molecule has 0 aliphatic heterocycles. The van der Waals surface area contributed by atoms with Crippen LogP contribution >= 0.6 is 0 Å². The van der Waals surface area contributed by atoms with Gasteiger partial charge in [-0.3, -0.25) is 9.48 Å². The first kappa shape index (κ1) is 11.8. The number of rotatable bonds is 3. The van der Waals surface area contributed by atoms with E-state index in [9.17, 15) is 13.6 Å². The van der Waals surface area contributed by atoms with E-state index < -0.39 is 12.2 Å². The second-order valence-corrected chi connectivity index (χ2v) is 3.75. The van der Waals surface area contributed by atoms with Gasteiger partial charge in [0.15, 0.2) is 0 Å². The number of hydrogen-bond donors (Lipinski definition) is 0. The number of aromatic nitrogens is 2.